The number of nitrogen functional groups attached to an aromatic ring is 1. The van der Waals surface area contributed by atoms with Crippen molar-refractivity contribution < 1.29 is 10.2 Å². The fourth-order valence-electron chi connectivity index (χ4n) is 2.59. The Morgan fingerprint density at radius 2 is 2.19 bits per heavy atom. The third-order valence-corrected chi connectivity index (χ3v) is 3.97. The molecule has 0 bridgehead atoms. The zero-order valence-electron chi connectivity index (χ0n) is 14.4. The van der Waals surface area contributed by atoms with Gasteiger partial charge in [-0.2, -0.15) is 0 Å². The summed E-state index contributed by atoms with van der Waals surface area (Å²) in [5.41, 5.74) is 5.49. The third-order valence-electron chi connectivity index (χ3n) is 3.97. The zero-order valence-corrected chi connectivity index (χ0v) is 14.4. The molecular formula is C18H19N5O3. The van der Waals surface area contributed by atoms with Gasteiger partial charge >= 0.3 is 0 Å². The van der Waals surface area contributed by atoms with Gasteiger partial charge in [0.2, 0.25) is 5.43 Å². The summed E-state index contributed by atoms with van der Waals surface area (Å²) in [6, 6.07) is 3.21. The highest BCUT2D eigenvalue weighted by Crippen LogP contribution is 2.23. The van der Waals surface area contributed by atoms with E-state index in [9.17, 15) is 9.90 Å². The smallest absolute Gasteiger partial charge is 0.204 e. The average Bonchev–Trinajstić information content (AvgIpc) is 3.14. The molecule has 0 aliphatic rings. The number of aromatic nitrogens is 4. The van der Waals surface area contributed by atoms with E-state index in [1.54, 1.807) is 29.1 Å². The quantitative estimate of drug-likeness (QED) is 0.507. The van der Waals surface area contributed by atoms with Gasteiger partial charge in [-0.25, -0.2) is 9.97 Å². The fourth-order valence-corrected chi connectivity index (χ4v) is 2.59. The molecule has 0 radical (unpaired) electrons. The lowest BCUT2D eigenvalue weighted by Crippen LogP contribution is -2.26. The summed E-state index contributed by atoms with van der Waals surface area (Å²) >= 11 is 0. The molecule has 0 aliphatic carbocycles. The lowest BCUT2D eigenvalue weighted by atomic mass is 10.1. The fraction of sp³-hybridized carbons (Fsp3) is 0.278. The lowest BCUT2D eigenvalue weighted by molar-refractivity contribution is 0.0518. The number of anilines is 1. The Bertz CT molecular complexity index is 1070. The molecule has 0 unspecified atom stereocenters. The third kappa shape index (κ3) is 3.06. The molecule has 5 N–H and O–H groups in total. The van der Waals surface area contributed by atoms with E-state index < -0.39 is 12.2 Å². The van der Waals surface area contributed by atoms with E-state index in [4.69, 9.17) is 10.8 Å². The van der Waals surface area contributed by atoms with Crippen LogP contribution in [0.3, 0.4) is 0 Å². The number of imidazole rings is 1. The van der Waals surface area contributed by atoms with Crippen molar-refractivity contribution >= 4 is 16.9 Å². The summed E-state index contributed by atoms with van der Waals surface area (Å²) in [7, 11) is 0. The number of H-pyrrole nitrogens is 1. The van der Waals surface area contributed by atoms with E-state index >= 15 is 0 Å². The molecule has 0 spiro atoms. The molecule has 0 aromatic carbocycles. The molecule has 8 heteroatoms. The van der Waals surface area contributed by atoms with Crippen LogP contribution in [0.15, 0.2) is 29.3 Å². The molecule has 0 fully saturated rings. The van der Waals surface area contributed by atoms with Gasteiger partial charge in [-0.15, -0.1) is 0 Å². The predicted octanol–water partition coefficient (Wildman–Crippen LogP) is 0.484. The largest absolute Gasteiger partial charge is 0.392 e. The first-order valence-electron chi connectivity index (χ1n) is 8.07. The molecule has 0 saturated heterocycles. The molecule has 3 aromatic rings. The predicted molar refractivity (Wildman–Crippen MR) is 98.3 cm³/mol. The minimum absolute atomic E-state index is 0.264. The molecule has 26 heavy (non-hydrogen) atoms. The number of aliphatic hydroxyl groups is 2. The van der Waals surface area contributed by atoms with Crippen LogP contribution in [-0.2, 0) is 6.54 Å². The summed E-state index contributed by atoms with van der Waals surface area (Å²) in [4.78, 5) is 24.3. The number of nitrogens with zero attached hydrogens (tertiary/aromatic N) is 3. The average molecular weight is 353 g/mol. The summed E-state index contributed by atoms with van der Waals surface area (Å²) in [5, 5.41) is 19.3. The van der Waals surface area contributed by atoms with Crippen LogP contribution in [0.1, 0.15) is 19.5 Å². The second-order valence-electron chi connectivity index (χ2n) is 6.02. The van der Waals surface area contributed by atoms with Gasteiger partial charge in [-0.3, -0.25) is 4.79 Å². The van der Waals surface area contributed by atoms with Crippen LogP contribution in [0.25, 0.3) is 22.4 Å². The van der Waals surface area contributed by atoms with E-state index in [1.807, 2.05) is 6.92 Å². The molecule has 3 heterocycles. The highest BCUT2D eigenvalue weighted by molar-refractivity contribution is 5.86. The Kier molecular flexibility index (Phi) is 4.50. The van der Waals surface area contributed by atoms with Gasteiger partial charge in [-0.05, 0) is 31.9 Å². The Hall–Kier alpha value is -3.15. The van der Waals surface area contributed by atoms with Gasteiger partial charge in [0.05, 0.1) is 12.0 Å². The van der Waals surface area contributed by atoms with E-state index in [-0.39, 0.29) is 11.2 Å². The normalized spacial score (nSPS) is 13.2. The van der Waals surface area contributed by atoms with Crippen molar-refractivity contribution in [1.82, 2.24) is 19.5 Å². The SMILES string of the molecule is CCn1c(N)c(-c2ncc[nH]2)c(=O)c2ccc(C#C[C@@](C)(O)CO)nc21. The number of nitrogens with two attached hydrogens (primary N) is 1. The van der Waals surface area contributed by atoms with Crippen LogP contribution in [0.2, 0.25) is 0 Å². The second kappa shape index (κ2) is 6.63. The Balaban J connectivity index is 2.26. The molecule has 8 nitrogen and oxygen atoms in total. The molecular weight excluding hydrogens is 334 g/mol. The molecule has 0 amide bonds. The van der Waals surface area contributed by atoms with Gasteiger partial charge in [0.1, 0.15) is 34.1 Å². The number of hydrogen-bond acceptors (Lipinski definition) is 6. The second-order valence-corrected chi connectivity index (χ2v) is 6.02. The van der Waals surface area contributed by atoms with Crippen LogP contribution in [0, 0.1) is 11.8 Å². The lowest BCUT2D eigenvalue weighted by Gasteiger charge is -2.15. The monoisotopic (exact) mass is 353 g/mol. The Morgan fingerprint density at radius 3 is 2.81 bits per heavy atom. The maximum Gasteiger partial charge on any atom is 0.204 e. The van der Waals surface area contributed by atoms with Gasteiger partial charge in [-0.1, -0.05) is 5.92 Å². The van der Waals surface area contributed by atoms with E-state index in [2.05, 4.69) is 26.8 Å². The highest BCUT2D eigenvalue weighted by atomic mass is 16.3. The van der Waals surface area contributed by atoms with Crippen LogP contribution in [0.4, 0.5) is 5.82 Å². The van der Waals surface area contributed by atoms with Gasteiger partial charge in [0, 0.05) is 18.9 Å². The van der Waals surface area contributed by atoms with Crippen molar-refractivity contribution in [2.24, 2.45) is 0 Å². The topological polar surface area (TPSA) is 130 Å². The van der Waals surface area contributed by atoms with Crippen LogP contribution in [-0.4, -0.2) is 41.9 Å². The van der Waals surface area contributed by atoms with Crippen molar-refractivity contribution in [3.8, 4) is 23.2 Å². The number of hydrogen-bond donors (Lipinski definition) is 4. The maximum absolute atomic E-state index is 12.9. The van der Waals surface area contributed by atoms with Gasteiger partial charge < -0.3 is 25.5 Å². The number of aryl methyl sites for hydroxylation is 1. The minimum Gasteiger partial charge on any atom is -0.392 e. The standard InChI is InChI=1S/C18H19N5O3/c1-3-23-15(19)13(16-20-8-9-21-16)14(25)12-5-4-11(22-17(12)23)6-7-18(2,26)10-24/h4-5,8-9,24,26H,3,10,19H2,1-2H3,(H,20,21)/t18-/m1/s1. The zero-order chi connectivity index (χ0) is 18.9. The van der Waals surface area contributed by atoms with Crippen molar-refractivity contribution in [3.63, 3.8) is 0 Å². The number of aromatic amines is 1. The first-order chi connectivity index (χ1) is 12.4. The van der Waals surface area contributed by atoms with Crippen molar-refractivity contribution in [3.05, 3.63) is 40.4 Å². The van der Waals surface area contributed by atoms with Crippen LogP contribution >= 0.6 is 0 Å². The number of pyridine rings is 2. The molecule has 134 valence electrons. The summed E-state index contributed by atoms with van der Waals surface area (Å²) in [5.74, 6) is 5.93. The van der Waals surface area contributed by atoms with Crippen molar-refractivity contribution in [2.45, 2.75) is 26.0 Å². The van der Waals surface area contributed by atoms with E-state index in [0.717, 1.165) is 0 Å². The van der Waals surface area contributed by atoms with Crippen molar-refractivity contribution in [2.75, 3.05) is 12.3 Å². The van der Waals surface area contributed by atoms with Gasteiger partial charge in [0.25, 0.3) is 0 Å². The summed E-state index contributed by atoms with van der Waals surface area (Å²) < 4.78 is 1.71. The van der Waals surface area contributed by atoms with Crippen molar-refractivity contribution in [1.29, 1.82) is 0 Å². The maximum atomic E-state index is 12.9. The first kappa shape index (κ1) is 17.7. The van der Waals surface area contributed by atoms with Crippen LogP contribution < -0.4 is 11.2 Å². The minimum atomic E-state index is -1.52. The van der Waals surface area contributed by atoms with E-state index in [0.29, 0.717) is 34.7 Å². The van der Waals surface area contributed by atoms with E-state index in [1.165, 1.54) is 6.92 Å². The number of aliphatic hydroxyl groups excluding tert-OH is 1. The first-order valence-corrected chi connectivity index (χ1v) is 8.07. The Morgan fingerprint density at radius 1 is 1.42 bits per heavy atom. The number of fused-ring (bicyclic) bond motifs is 1. The van der Waals surface area contributed by atoms with Crippen LogP contribution in [0.5, 0.6) is 0 Å². The Labute approximate surface area is 149 Å². The highest BCUT2D eigenvalue weighted by Gasteiger charge is 2.19. The number of nitrogens with one attached hydrogen (secondary N) is 1. The molecule has 0 aliphatic heterocycles. The summed E-state index contributed by atoms with van der Waals surface area (Å²) in [6.07, 6.45) is 3.18. The van der Waals surface area contributed by atoms with Gasteiger partial charge in [0.15, 0.2) is 0 Å². The molecule has 3 aromatic heterocycles. The summed E-state index contributed by atoms with van der Waals surface area (Å²) in [6.45, 7) is 3.29. The molecule has 3 rings (SSSR count). The molecule has 1 atom stereocenters. The molecule has 0 saturated carbocycles. The number of rotatable bonds is 3.